The first-order chi connectivity index (χ1) is 9.10. The SMILES string of the molecule is CN(C)C(=O)Cn1cc(-c2cncc(CO)c2)cn1. The summed E-state index contributed by atoms with van der Waals surface area (Å²) in [7, 11) is 3.42. The topological polar surface area (TPSA) is 71.2 Å². The lowest BCUT2D eigenvalue weighted by Gasteiger charge is -2.09. The van der Waals surface area contributed by atoms with Gasteiger partial charge in [0, 0.05) is 43.8 Å². The molecule has 19 heavy (non-hydrogen) atoms. The van der Waals surface area contributed by atoms with Crippen molar-refractivity contribution in [3.63, 3.8) is 0 Å². The molecule has 0 saturated carbocycles. The summed E-state index contributed by atoms with van der Waals surface area (Å²) in [5.74, 6) is -0.0168. The van der Waals surface area contributed by atoms with Gasteiger partial charge < -0.3 is 10.0 Å². The van der Waals surface area contributed by atoms with E-state index in [1.165, 1.54) is 4.90 Å². The Morgan fingerprint density at radius 1 is 1.32 bits per heavy atom. The van der Waals surface area contributed by atoms with E-state index in [-0.39, 0.29) is 19.1 Å². The Morgan fingerprint density at radius 2 is 2.11 bits per heavy atom. The summed E-state index contributed by atoms with van der Waals surface area (Å²) in [5.41, 5.74) is 2.49. The van der Waals surface area contributed by atoms with Crippen LogP contribution in [-0.2, 0) is 17.9 Å². The van der Waals surface area contributed by atoms with Crippen LogP contribution in [0.2, 0.25) is 0 Å². The van der Waals surface area contributed by atoms with Crippen molar-refractivity contribution >= 4 is 5.91 Å². The van der Waals surface area contributed by atoms with Crippen LogP contribution < -0.4 is 0 Å². The largest absolute Gasteiger partial charge is 0.392 e. The Balaban J connectivity index is 2.18. The van der Waals surface area contributed by atoms with Crippen molar-refractivity contribution in [3.05, 3.63) is 36.4 Å². The van der Waals surface area contributed by atoms with Gasteiger partial charge in [-0.15, -0.1) is 0 Å². The monoisotopic (exact) mass is 260 g/mol. The van der Waals surface area contributed by atoms with Gasteiger partial charge in [-0.3, -0.25) is 14.5 Å². The van der Waals surface area contributed by atoms with E-state index in [0.717, 1.165) is 16.7 Å². The molecule has 6 heteroatoms. The molecule has 0 atom stereocenters. The second-order valence-electron chi connectivity index (χ2n) is 4.45. The number of pyridine rings is 1. The van der Waals surface area contributed by atoms with Crippen LogP contribution in [-0.4, -0.2) is 44.8 Å². The van der Waals surface area contributed by atoms with Crippen LogP contribution in [0, 0.1) is 0 Å². The van der Waals surface area contributed by atoms with Gasteiger partial charge in [0.25, 0.3) is 0 Å². The molecule has 6 nitrogen and oxygen atoms in total. The minimum Gasteiger partial charge on any atom is -0.392 e. The van der Waals surface area contributed by atoms with Crippen molar-refractivity contribution in [3.8, 4) is 11.1 Å². The fourth-order valence-electron chi connectivity index (χ4n) is 1.61. The molecule has 2 rings (SSSR count). The summed E-state index contributed by atoms with van der Waals surface area (Å²) in [5, 5.41) is 13.2. The normalized spacial score (nSPS) is 10.5. The molecule has 0 aromatic carbocycles. The summed E-state index contributed by atoms with van der Waals surface area (Å²) in [6.45, 7) is 0.161. The molecule has 1 amide bonds. The fraction of sp³-hybridized carbons (Fsp3) is 0.308. The van der Waals surface area contributed by atoms with Gasteiger partial charge in [0.05, 0.1) is 12.8 Å². The highest BCUT2D eigenvalue weighted by Crippen LogP contribution is 2.18. The van der Waals surface area contributed by atoms with Gasteiger partial charge in [-0.1, -0.05) is 0 Å². The third kappa shape index (κ3) is 3.17. The Kier molecular flexibility index (Phi) is 3.91. The van der Waals surface area contributed by atoms with Gasteiger partial charge in [-0.05, 0) is 11.6 Å². The van der Waals surface area contributed by atoms with E-state index in [1.807, 2.05) is 6.07 Å². The summed E-state index contributed by atoms with van der Waals surface area (Å²) in [6, 6.07) is 1.85. The number of rotatable bonds is 4. The van der Waals surface area contributed by atoms with Crippen molar-refractivity contribution in [2.45, 2.75) is 13.2 Å². The predicted octanol–water partition coefficient (Wildman–Crippen LogP) is 0.526. The molecule has 2 heterocycles. The molecule has 0 fully saturated rings. The second kappa shape index (κ2) is 5.62. The van der Waals surface area contributed by atoms with Crippen LogP contribution in [0.4, 0.5) is 0 Å². The number of aromatic nitrogens is 3. The molecule has 2 aromatic heterocycles. The van der Waals surface area contributed by atoms with Crippen molar-refractivity contribution in [1.29, 1.82) is 0 Å². The molecule has 0 unspecified atom stereocenters. The molecule has 100 valence electrons. The number of nitrogens with zero attached hydrogens (tertiary/aromatic N) is 4. The van der Waals surface area contributed by atoms with Crippen LogP contribution in [0.1, 0.15) is 5.56 Å². The molecule has 0 spiro atoms. The van der Waals surface area contributed by atoms with Crippen molar-refractivity contribution in [2.24, 2.45) is 0 Å². The van der Waals surface area contributed by atoms with Gasteiger partial charge in [0.2, 0.25) is 5.91 Å². The van der Waals surface area contributed by atoms with E-state index in [1.54, 1.807) is 43.6 Å². The van der Waals surface area contributed by atoms with Crippen molar-refractivity contribution in [1.82, 2.24) is 19.7 Å². The van der Waals surface area contributed by atoms with Crippen LogP contribution in [0.5, 0.6) is 0 Å². The average molecular weight is 260 g/mol. The first kappa shape index (κ1) is 13.2. The van der Waals surface area contributed by atoms with Crippen LogP contribution >= 0.6 is 0 Å². The maximum atomic E-state index is 11.6. The maximum absolute atomic E-state index is 11.6. The zero-order chi connectivity index (χ0) is 13.8. The fourth-order valence-corrected chi connectivity index (χ4v) is 1.61. The molecular formula is C13H16N4O2. The quantitative estimate of drug-likeness (QED) is 0.870. The highest BCUT2D eigenvalue weighted by Gasteiger charge is 2.08. The number of likely N-dealkylation sites (N-methyl/N-ethyl adjacent to an activating group) is 1. The molecule has 0 aliphatic heterocycles. The summed E-state index contributed by atoms with van der Waals surface area (Å²) >= 11 is 0. The molecular weight excluding hydrogens is 244 g/mol. The predicted molar refractivity (Wildman–Crippen MR) is 70.1 cm³/mol. The van der Waals surface area contributed by atoms with E-state index in [4.69, 9.17) is 5.11 Å². The van der Waals surface area contributed by atoms with Crippen LogP contribution in [0.3, 0.4) is 0 Å². The Labute approximate surface area is 111 Å². The number of hydrogen-bond acceptors (Lipinski definition) is 4. The average Bonchev–Trinajstić information content (AvgIpc) is 2.87. The van der Waals surface area contributed by atoms with Crippen molar-refractivity contribution < 1.29 is 9.90 Å². The van der Waals surface area contributed by atoms with Gasteiger partial charge in [0.1, 0.15) is 6.54 Å². The third-order valence-electron chi connectivity index (χ3n) is 2.74. The third-order valence-corrected chi connectivity index (χ3v) is 2.74. The van der Waals surface area contributed by atoms with Crippen molar-refractivity contribution in [2.75, 3.05) is 14.1 Å². The van der Waals surface area contributed by atoms with Gasteiger partial charge in [-0.25, -0.2) is 0 Å². The Hall–Kier alpha value is -2.21. The molecule has 0 bridgehead atoms. The Bertz CT molecular complexity index is 578. The van der Waals surface area contributed by atoms with Crippen LogP contribution in [0.15, 0.2) is 30.9 Å². The number of hydrogen-bond donors (Lipinski definition) is 1. The second-order valence-corrected chi connectivity index (χ2v) is 4.45. The molecule has 0 aliphatic rings. The summed E-state index contributed by atoms with van der Waals surface area (Å²) in [6.07, 6.45) is 6.79. The molecule has 1 N–H and O–H groups in total. The lowest BCUT2D eigenvalue weighted by atomic mass is 10.1. The lowest BCUT2D eigenvalue weighted by molar-refractivity contribution is -0.129. The Morgan fingerprint density at radius 3 is 2.79 bits per heavy atom. The van der Waals surface area contributed by atoms with Crippen LogP contribution in [0.25, 0.3) is 11.1 Å². The van der Waals surface area contributed by atoms with E-state index < -0.39 is 0 Å². The highest BCUT2D eigenvalue weighted by molar-refractivity contribution is 5.75. The number of aliphatic hydroxyl groups excluding tert-OH is 1. The number of aliphatic hydroxyl groups is 1. The summed E-state index contributed by atoms with van der Waals surface area (Å²) < 4.78 is 1.59. The van der Waals surface area contributed by atoms with E-state index in [9.17, 15) is 4.79 Å². The maximum Gasteiger partial charge on any atom is 0.243 e. The molecule has 0 radical (unpaired) electrons. The molecule has 0 aliphatic carbocycles. The lowest BCUT2D eigenvalue weighted by Crippen LogP contribution is -2.26. The molecule has 2 aromatic rings. The highest BCUT2D eigenvalue weighted by atomic mass is 16.3. The number of amides is 1. The number of carbonyl (C=O) groups excluding carboxylic acids is 1. The summed E-state index contributed by atoms with van der Waals surface area (Å²) in [4.78, 5) is 17.2. The van der Waals surface area contributed by atoms with Gasteiger partial charge >= 0.3 is 0 Å². The number of carbonyl (C=O) groups is 1. The minimum absolute atomic E-state index is 0.0168. The zero-order valence-electron chi connectivity index (χ0n) is 10.9. The first-order valence-corrected chi connectivity index (χ1v) is 5.88. The van der Waals surface area contributed by atoms with E-state index in [0.29, 0.717) is 0 Å². The standard InChI is InChI=1S/C13H16N4O2/c1-16(2)13(19)8-17-7-12(6-15-17)11-3-10(9-18)4-14-5-11/h3-7,18H,8-9H2,1-2H3. The van der Waals surface area contributed by atoms with Gasteiger partial charge in [0.15, 0.2) is 0 Å². The first-order valence-electron chi connectivity index (χ1n) is 5.88. The smallest absolute Gasteiger partial charge is 0.243 e. The zero-order valence-corrected chi connectivity index (χ0v) is 10.9. The molecule has 0 saturated heterocycles. The van der Waals surface area contributed by atoms with Gasteiger partial charge in [-0.2, -0.15) is 5.10 Å². The minimum atomic E-state index is -0.0475. The van der Waals surface area contributed by atoms with E-state index >= 15 is 0 Å². The van der Waals surface area contributed by atoms with E-state index in [2.05, 4.69) is 10.1 Å².